The number of aromatic nitrogens is 4. The van der Waals surface area contributed by atoms with E-state index in [9.17, 15) is 5.11 Å². The lowest BCUT2D eigenvalue weighted by atomic mass is 10.2. The van der Waals surface area contributed by atoms with Gasteiger partial charge in [0.25, 0.3) is 0 Å². The van der Waals surface area contributed by atoms with Crippen LogP contribution in [0.1, 0.15) is 17.6 Å². The van der Waals surface area contributed by atoms with Crippen LogP contribution in [-0.4, -0.2) is 24.6 Å². The molecule has 0 aliphatic rings. The Balaban J connectivity index is 2.07. The van der Waals surface area contributed by atoms with Gasteiger partial charge in [-0.1, -0.05) is 12.1 Å². The summed E-state index contributed by atoms with van der Waals surface area (Å²) in [5.41, 5.74) is 2.08. The Bertz CT molecular complexity index is 692. The number of hydrogen-bond acceptors (Lipinski definition) is 4. The van der Waals surface area contributed by atoms with Gasteiger partial charge in [0.1, 0.15) is 5.82 Å². The number of aliphatic hydroxyl groups is 1. The van der Waals surface area contributed by atoms with Gasteiger partial charge in [0.05, 0.1) is 22.9 Å². The van der Waals surface area contributed by atoms with Gasteiger partial charge in [-0.15, -0.1) is 0 Å². The molecule has 2 aromatic heterocycles. The van der Waals surface area contributed by atoms with E-state index in [2.05, 4.69) is 15.0 Å². The molecule has 5 nitrogen and oxygen atoms in total. The lowest BCUT2D eigenvalue weighted by molar-refractivity contribution is 0.201. The zero-order chi connectivity index (χ0) is 12.5. The smallest absolute Gasteiger partial charge is 0.155 e. The fourth-order valence-corrected chi connectivity index (χ4v) is 1.88. The lowest BCUT2D eigenvalue weighted by Crippen LogP contribution is -2.09. The standard InChI is InChI=1S/C13H12N4O/c1-17-7-6-14-13(17)12(18)11-8-15-9-4-2-3-5-10(9)16-11/h2-8,12,18H,1H3. The maximum Gasteiger partial charge on any atom is 0.155 e. The number of fused-ring (bicyclic) bond motifs is 1. The highest BCUT2D eigenvalue weighted by atomic mass is 16.3. The molecular weight excluding hydrogens is 228 g/mol. The van der Waals surface area contributed by atoms with Gasteiger partial charge in [0.15, 0.2) is 6.10 Å². The number of rotatable bonds is 2. The highest BCUT2D eigenvalue weighted by Gasteiger charge is 2.16. The van der Waals surface area contributed by atoms with E-state index in [1.807, 2.05) is 31.3 Å². The van der Waals surface area contributed by atoms with Crippen LogP contribution in [-0.2, 0) is 7.05 Å². The van der Waals surface area contributed by atoms with Crippen molar-refractivity contribution >= 4 is 11.0 Å². The SMILES string of the molecule is Cn1ccnc1C(O)c1cnc2ccccc2n1. The second-order valence-electron chi connectivity index (χ2n) is 4.08. The van der Waals surface area contributed by atoms with E-state index in [1.165, 1.54) is 0 Å². The van der Waals surface area contributed by atoms with Crippen LogP contribution in [0.25, 0.3) is 11.0 Å². The van der Waals surface area contributed by atoms with E-state index in [0.29, 0.717) is 11.5 Å². The summed E-state index contributed by atoms with van der Waals surface area (Å²) in [6, 6.07) is 7.57. The van der Waals surface area contributed by atoms with Gasteiger partial charge in [0.2, 0.25) is 0 Å². The van der Waals surface area contributed by atoms with Crippen molar-refractivity contribution in [3.8, 4) is 0 Å². The summed E-state index contributed by atoms with van der Waals surface area (Å²) in [7, 11) is 1.83. The molecule has 0 spiro atoms. The van der Waals surface area contributed by atoms with Gasteiger partial charge in [-0.3, -0.25) is 4.98 Å². The minimum atomic E-state index is -0.859. The Morgan fingerprint density at radius 1 is 1.17 bits per heavy atom. The third kappa shape index (κ3) is 1.74. The highest BCUT2D eigenvalue weighted by molar-refractivity contribution is 5.73. The molecule has 0 radical (unpaired) electrons. The van der Waals surface area contributed by atoms with E-state index in [4.69, 9.17) is 0 Å². The normalized spacial score (nSPS) is 12.8. The van der Waals surface area contributed by atoms with Crippen molar-refractivity contribution in [1.29, 1.82) is 0 Å². The minimum absolute atomic E-state index is 0.503. The van der Waals surface area contributed by atoms with Gasteiger partial charge in [-0.25, -0.2) is 9.97 Å². The molecule has 2 heterocycles. The van der Waals surface area contributed by atoms with Gasteiger partial charge < -0.3 is 9.67 Å². The highest BCUT2D eigenvalue weighted by Crippen LogP contribution is 2.19. The maximum absolute atomic E-state index is 10.2. The molecule has 3 rings (SSSR count). The van der Waals surface area contributed by atoms with Crippen LogP contribution in [0, 0.1) is 0 Å². The number of nitrogens with zero attached hydrogens (tertiary/aromatic N) is 4. The molecular formula is C13H12N4O. The largest absolute Gasteiger partial charge is 0.379 e. The number of benzene rings is 1. The summed E-state index contributed by atoms with van der Waals surface area (Å²) < 4.78 is 1.77. The molecule has 1 unspecified atom stereocenters. The van der Waals surface area contributed by atoms with Gasteiger partial charge in [-0.2, -0.15) is 0 Å². The zero-order valence-corrected chi connectivity index (χ0v) is 9.85. The number of imidazole rings is 1. The molecule has 1 aromatic carbocycles. The Labute approximate surface area is 104 Å². The Morgan fingerprint density at radius 3 is 2.67 bits per heavy atom. The van der Waals surface area contributed by atoms with Crippen LogP contribution in [0.3, 0.4) is 0 Å². The summed E-state index contributed by atoms with van der Waals surface area (Å²) in [5.74, 6) is 0.555. The molecule has 1 N–H and O–H groups in total. The van der Waals surface area contributed by atoms with E-state index in [1.54, 1.807) is 23.2 Å². The van der Waals surface area contributed by atoms with E-state index in [0.717, 1.165) is 11.0 Å². The first-order valence-electron chi connectivity index (χ1n) is 5.62. The second-order valence-corrected chi connectivity index (χ2v) is 4.08. The number of aliphatic hydroxyl groups excluding tert-OH is 1. The summed E-state index contributed by atoms with van der Waals surface area (Å²) in [5, 5.41) is 10.2. The monoisotopic (exact) mass is 240 g/mol. The molecule has 0 aliphatic heterocycles. The molecule has 0 amide bonds. The Morgan fingerprint density at radius 2 is 1.94 bits per heavy atom. The van der Waals surface area contributed by atoms with Crippen LogP contribution in [0.4, 0.5) is 0 Å². The minimum Gasteiger partial charge on any atom is -0.379 e. The van der Waals surface area contributed by atoms with Crippen LogP contribution >= 0.6 is 0 Å². The van der Waals surface area contributed by atoms with Crippen LogP contribution in [0.15, 0.2) is 42.9 Å². The topological polar surface area (TPSA) is 63.8 Å². The molecule has 3 aromatic rings. The molecule has 5 heteroatoms. The molecule has 0 aliphatic carbocycles. The third-order valence-corrected chi connectivity index (χ3v) is 2.85. The van der Waals surface area contributed by atoms with Crippen molar-refractivity contribution in [2.45, 2.75) is 6.10 Å². The first-order chi connectivity index (χ1) is 8.75. The molecule has 0 fully saturated rings. The molecule has 1 atom stereocenters. The first kappa shape index (κ1) is 10.9. The number of para-hydroxylation sites is 2. The number of hydrogen-bond donors (Lipinski definition) is 1. The Kier molecular flexibility index (Phi) is 2.53. The maximum atomic E-state index is 10.2. The van der Waals surface area contributed by atoms with Crippen LogP contribution < -0.4 is 0 Å². The third-order valence-electron chi connectivity index (χ3n) is 2.85. The van der Waals surface area contributed by atoms with E-state index in [-0.39, 0.29) is 0 Å². The van der Waals surface area contributed by atoms with E-state index < -0.39 is 6.10 Å². The fraction of sp³-hybridized carbons (Fsp3) is 0.154. The van der Waals surface area contributed by atoms with Gasteiger partial charge >= 0.3 is 0 Å². The predicted molar refractivity (Wildman–Crippen MR) is 66.8 cm³/mol. The Hall–Kier alpha value is -2.27. The van der Waals surface area contributed by atoms with Crippen molar-refractivity contribution in [2.75, 3.05) is 0 Å². The second kappa shape index (κ2) is 4.19. The summed E-state index contributed by atoms with van der Waals surface area (Å²) in [6.45, 7) is 0. The van der Waals surface area contributed by atoms with Crippen LogP contribution in [0.5, 0.6) is 0 Å². The van der Waals surface area contributed by atoms with E-state index >= 15 is 0 Å². The molecule has 0 bridgehead atoms. The first-order valence-corrected chi connectivity index (χ1v) is 5.62. The molecule has 18 heavy (non-hydrogen) atoms. The predicted octanol–water partition coefficient (Wildman–Crippen LogP) is 1.44. The average Bonchev–Trinajstić information content (AvgIpc) is 2.83. The zero-order valence-electron chi connectivity index (χ0n) is 9.85. The number of aryl methyl sites for hydroxylation is 1. The quantitative estimate of drug-likeness (QED) is 0.736. The van der Waals surface area contributed by atoms with Crippen molar-refractivity contribution in [3.05, 3.63) is 54.4 Å². The van der Waals surface area contributed by atoms with Gasteiger partial charge in [-0.05, 0) is 12.1 Å². The molecule has 90 valence electrons. The summed E-state index contributed by atoms with van der Waals surface area (Å²) >= 11 is 0. The van der Waals surface area contributed by atoms with Crippen molar-refractivity contribution < 1.29 is 5.11 Å². The van der Waals surface area contributed by atoms with Gasteiger partial charge in [0, 0.05) is 19.4 Å². The van der Waals surface area contributed by atoms with Crippen LogP contribution in [0.2, 0.25) is 0 Å². The summed E-state index contributed by atoms with van der Waals surface area (Å²) in [4.78, 5) is 12.8. The fourth-order valence-electron chi connectivity index (χ4n) is 1.88. The lowest BCUT2D eigenvalue weighted by Gasteiger charge is -2.10. The molecule has 0 saturated heterocycles. The molecule has 0 saturated carbocycles. The van der Waals surface area contributed by atoms with Crippen molar-refractivity contribution in [3.63, 3.8) is 0 Å². The van der Waals surface area contributed by atoms with Crippen molar-refractivity contribution in [2.24, 2.45) is 7.05 Å². The van der Waals surface area contributed by atoms with Crippen molar-refractivity contribution in [1.82, 2.24) is 19.5 Å². The summed E-state index contributed by atoms with van der Waals surface area (Å²) in [6.07, 6.45) is 4.16. The average molecular weight is 240 g/mol.